The van der Waals surface area contributed by atoms with Crippen LogP contribution in [0.1, 0.15) is 39.5 Å². The summed E-state index contributed by atoms with van der Waals surface area (Å²) in [6, 6.07) is -1.88. The summed E-state index contributed by atoms with van der Waals surface area (Å²) in [6.07, 6.45) is -1.69. The third kappa shape index (κ3) is 7.14. The summed E-state index contributed by atoms with van der Waals surface area (Å²) < 4.78 is 9.95. The second kappa shape index (κ2) is 13.1. The minimum Gasteiger partial charge on any atom is -0.440 e. The fourth-order valence-corrected chi connectivity index (χ4v) is 3.14. The molecule has 18 nitrogen and oxygen atoms in total. The van der Waals surface area contributed by atoms with Crippen LogP contribution in [-0.4, -0.2) is 65.9 Å². The van der Waals surface area contributed by atoms with Crippen LogP contribution in [0.4, 0.5) is 0 Å². The number of carbonyl (C=O) groups excluding carboxylic acids is 8. The van der Waals surface area contributed by atoms with Gasteiger partial charge in [-0.05, 0) is 19.4 Å². The zero-order valence-electron chi connectivity index (χ0n) is 20.4. The SMILES string of the molecule is CCC(=O)OC1=C2C(=O)OOC(=O)/C(=C\C(=O)OOC1=O)CC(=O)OOC(=O)C2(OC(C)=O)C(N)CCCN. The summed E-state index contributed by atoms with van der Waals surface area (Å²) in [6.45, 7) is 1.94. The van der Waals surface area contributed by atoms with E-state index in [2.05, 4.69) is 29.3 Å². The van der Waals surface area contributed by atoms with Crippen LogP contribution in [0.5, 0.6) is 0 Å². The maximum absolute atomic E-state index is 13.4. The summed E-state index contributed by atoms with van der Waals surface area (Å²) in [5.41, 5.74) is 5.85. The van der Waals surface area contributed by atoms with E-state index >= 15 is 0 Å². The van der Waals surface area contributed by atoms with E-state index in [0.717, 1.165) is 6.92 Å². The highest BCUT2D eigenvalue weighted by Crippen LogP contribution is 2.35. The van der Waals surface area contributed by atoms with Crippen molar-refractivity contribution >= 4 is 47.8 Å². The average molecular weight is 558 g/mol. The van der Waals surface area contributed by atoms with Crippen LogP contribution in [0.25, 0.3) is 0 Å². The van der Waals surface area contributed by atoms with Gasteiger partial charge in [0, 0.05) is 19.4 Å². The lowest BCUT2D eigenvalue weighted by atomic mass is 9.82. The second-order valence-electron chi connectivity index (χ2n) is 7.59. The molecule has 0 saturated carbocycles. The number of hydrogen-bond acceptors (Lipinski definition) is 18. The van der Waals surface area contributed by atoms with Crippen LogP contribution in [-0.2, 0) is 77.2 Å². The first-order valence-electron chi connectivity index (χ1n) is 11.0. The van der Waals surface area contributed by atoms with Gasteiger partial charge in [-0.15, -0.1) is 0 Å². The molecule has 0 spiro atoms. The standard InChI is InChI=1S/C21H22N2O16/c1-3-12(25)32-16-15-18(29)37-36-17(28)10(7-13(26)34-38-19(16)30)8-14(27)35-39-20(31)21(15,33-9(2)24)11(23)5-4-6-22/h7,11H,3-6,8,22-23H2,1-2H3/b10-7-,16-15?. The van der Waals surface area contributed by atoms with Crippen molar-refractivity contribution in [1.82, 2.24) is 0 Å². The molecule has 0 aromatic rings. The normalized spacial score (nSPS) is 22.7. The zero-order chi connectivity index (χ0) is 29.3. The van der Waals surface area contributed by atoms with Gasteiger partial charge in [-0.3, -0.25) is 9.59 Å². The van der Waals surface area contributed by atoms with Crippen LogP contribution >= 0.6 is 0 Å². The molecular formula is C21H22N2O16. The Labute approximate surface area is 217 Å². The van der Waals surface area contributed by atoms with Crippen LogP contribution in [0, 0.1) is 0 Å². The van der Waals surface area contributed by atoms with Crippen LogP contribution < -0.4 is 11.5 Å². The van der Waals surface area contributed by atoms with Gasteiger partial charge >= 0.3 is 47.8 Å². The first kappa shape index (κ1) is 30.4. The van der Waals surface area contributed by atoms with Crippen LogP contribution in [0.3, 0.4) is 0 Å². The lowest BCUT2D eigenvalue weighted by molar-refractivity contribution is -0.275. The van der Waals surface area contributed by atoms with Crippen molar-refractivity contribution in [1.29, 1.82) is 0 Å². The quantitative estimate of drug-likeness (QED) is 0.250. The van der Waals surface area contributed by atoms with E-state index in [1.54, 1.807) is 0 Å². The van der Waals surface area contributed by atoms with Crippen LogP contribution in [0.15, 0.2) is 23.0 Å². The molecule has 2 aliphatic heterocycles. The van der Waals surface area contributed by atoms with Crippen molar-refractivity contribution in [3.63, 3.8) is 0 Å². The first-order valence-corrected chi connectivity index (χ1v) is 11.0. The van der Waals surface area contributed by atoms with Crippen molar-refractivity contribution < 1.29 is 77.2 Å². The summed E-state index contributed by atoms with van der Waals surface area (Å²) in [7, 11) is 0. The molecule has 0 aliphatic carbocycles. The largest absolute Gasteiger partial charge is 0.440 e. The number of fused-ring (bicyclic) bond motifs is 5. The van der Waals surface area contributed by atoms with Crippen molar-refractivity contribution in [2.45, 2.75) is 51.2 Å². The van der Waals surface area contributed by atoms with E-state index in [4.69, 9.17) is 20.9 Å². The van der Waals surface area contributed by atoms with Gasteiger partial charge in [0.2, 0.25) is 5.76 Å². The van der Waals surface area contributed by atoms with Crippen molar-refractivity contribution in [2.24, 2.45) is 11.5 Å². The summed E-state index contributed by atoms with van der Waals surface area (Å²) in [5, 5.41) is 0. The molecule has 2 aliphatic rings. The van der Waals surface area contributed by atoms with Gasteiger partial charge < -0.3 is 20.9 Å². The van der Waals surface area contributed by atoms with Gasteiger partial charge in [0.15, 0.2) is 0 Å². The van der Waals surface area contributed by atoms with Gasteiger partial charge in [-0.1, -0.05) is 6.92 Å². The predicted octanol–water partition coefficient (Wildman–Crippen LogP) is -2.09. The van der Waals surface area contributed by atoms with Crippen molar-refractivity contribution in [3.8, 4) is 0 Å². The van der Waals surface area contributed by atoms with Crippen molar-refractivity contribution in [2.75, 3.05) is 6.54 Å². The lowest BCUT2D eigenvalue weighted by Gasteiger charge is -2.35. The maximum Gasteiger partial charge on any atom is 0.422 e. The molecule has 2 bridgehead atoms. The Morgan fingerprint density at radius 3 is 2.23 bits per heavy atom. The molecular weight excluding hydrogens is 536 g/mol. The summed E-state index contributed by atoms with van der Waals surface area (Å²) in [4.78, 5) is 127. The third-order valence-corrected chi connectivity index (χ3v) is 4.83. The molecule has 4 N–H and O–H groups in total. The van der Waals surface area contributed by atoms with E-state index in [1.807, 2.05) is 0 Å². The second-order valence-corrected chi connectivity index (χ2v) is 7.59. The van der Waals surface area contributed by atoms with E-state index < -0.39 is 89.1 Å². The summed E-state index contributed by atoms with van der Waals surface area (Å²) >= 11 is 0. The first-order chi connectivity index (χ1) is 18.4. The minimum absolute atomic E-state index is 0.00510. The highest BCUT2D eigenvalue weighted by atomic mass is 17.2. The minimum atomic E-state index is -3.32. The highest BCUT2D eigenvalue weighted by molar-refractivity contribution is 6.09. The number of ether oxygens (including phenoxy) is 2. The fraction of sp³-hybridized carbons (Fsp3) is 0.429. The molecule has 1 fully saturated rings. The fourth-order valence-electron chi connectivity index (χ4n) is 3.14. The van der Waals surface area contributed by atoms with E-state index in [0.29, 0.717) is 0 Å². The average Bonchev–Trinajstić information content (AvgIpc) is 2.88. The Bertz CT molecular complexity index is 1150. The van der Waals surface area contributed by atoms with Crippen molar-refractivity contribution in [3.05, 3.63) is 23.0 Å². The van der Waals surface area contributed by atoms with Gasteiger partial charge in [-0.2, -0.15) is 0 Å². The monoisotopic (exact) mass is 558 g/mol. The van der Waals surface area contributed by atoms with Gasteiger partial charge in [-0.25, -0.2) is 58.1 Å². The number of carbonyl (C=O) groups is 8. The Morgan fingerprint density at radius 1 is 0.974 bits per heavy atom. The Hall–Kier alpha value is -4.84. The number of hydrogen-bond donors (Lipinski definition) is 2. The third-order valence-electron chi connectivity index (χ3n) is 4.83. The number of esters is 2. The van der Waals surface area contributed by atoms with Gasteiger partial charge in [0.25, 0.3) is 5.60 Å². The highest BCUT2D eigenvalue weighted by Gasteiger charge is 2.60. The maximum atomic E-state index is 13.4. The van der Waals surface area contributed by atoms with E-state index in [1.165, 1.54) is 6.92 Å². The van der Waals surface area contributed by atoms with E-state index in [-0.39, 0.29) is 25.5 Å². The number of rotatable bonds is 7. The predicted molar refractivity (Wildman–Crippen MR) is 113 cm³/mol. The Balaban J connectivity index is 3.05. The Kier molecular flexibility index (Phi) is 10.2. The Morgan fingerprint density at radius 2 is 1.62 bits per heavy atom. The molecule has 0 aromatic heterocycles. The molecule has 2 atom stereocenters. The molecule has 0 amide bonds. The van der Waals surface area contributed by atoms with Gasteiger partial charge in [0.1, 0.15) is 5.57 Å². The van der Waals surface area contributed by atoms with E-state index in [9.17, 15) is 38.4 Å². The molecule has 212 valence electrons. The van der Waals surface area contributed by atoms with Crippen LogP contribution in [0.2, 0.25) is 0 Å². The molecule has 2 unspecified atom stereocenters. The number of nitrogens with two attached hydrogens (primary N) is 2. The zero-order valence-corrected chi connectivity index (χ0v) is 20.4. The molecule has 0 radical (unpaired) electrons. The molecule has 2 rings (SSSR count). The molecule has 39 heavy (non-hydrogen) atoms. The topological polar surface area (TPSA) is 262 Å². The smallest absolute Gasteiger partial charge is 0.422 e. The van der Waals surface area contributed by atoms with Gasteiger partial charge in [0.05, 0.1) is 18.0 Å². The summed E-state index contributed by atoms with van der Waals surface area (Å²) in [5.74, 6) is -14.7. The molecule has 0 aromatic carbocycles. The molecule has 2 heterocycles. The molecule has 18 heteroatoms. The molecule has 1 saturated heterocycles. The lowest BCUT2D eigenvalue weighted by Crippen LogP contribution is -2.61.